The normalized spacial score (nSPS) is 9.56. The molecule has 0 aliphatic heterocycles. The molecule has 0 aliphatic carbocycles. The van der Waals surface area contributed by atoms with Crippen LogP contribution in [-0.4, -0.2) is 10.2 Å². The smallest absolute Gasteiger partial charge is 0.124 e. The molecule has 0 radical (unpaired) electrons. The number of nitrogens with zero attached hydrogens (tertiary/aromatic N) is 2. The molecule has 9 heavy (non-hydrogen) atoms. The largest absolute Gasteiger partial charge is 0.154 e. The zero-order valence-corrected chi connectivity index (χ0v) is 8.83. The highest BCUT2D eigenvalue weighted by atomic mass is 127. The average Bonchev–Trinajstić information content (AvgIpc) is 1.90. The minimum atomic E-state index is 0.932. The van der Waals surface area contributed by atoms with Gasteiger partial charge in [-0.3, -0.25) is 0 Å². The molecule has 2 nitrogen and oxygen atoms in total. The number of halogens is 2. The van der Waals surface area contributed by atoms with Crippen LogP contribution in [0.15, 0.2) is 12.1 Å². The summed E-state index contributed by atoms with van der Waals surface area (Å²) in [5.41, 5.74) is 1.04. The second-order valence-corrected chi connectivity index (χ2v) is 3.35. The van der Waals surface area contributed by atoms with Gasteiger partial charge < -0.3 is 0 Å². The average molecular weight is 346 g/mol. The Labute approximate surface area is 80.7 Å². The summed E-state index contributed by atoms with van der Waals surface area (Å²) in [5, 5.41) is 7.81. The van der Waals surface area contributed by atoms with Crippen LogP contribution in [0.2, 0.25) is 0 Å². The van der Waals surface area contributed by atoms with Crippen molar-refractivity contribution in [2.75, 3.05) is 0 Å². The van der Waals surface area contributed by atoms with E-state index in [1.807, 2.05) is 12.1 Å². The zero-order valence-electron chi connectivity index (χ0n) is 4.51. The molecule has 0 saturated heterocycles. The first-order valence-corrected chi connectivity index (χ1v) is 4.97. The van der Waals surface area contributed by atoms with Crippen molar-refractivity contribution in [3.05, 3.63) is 21.5 Å². The van der Waals surface area contributed by atoms with E-state index in [-0.39, 0.29) is 0 Å². The fourth-order valence-electron chi connectivity index (χ4n) is 0.415. The number of alkyl halides is 1. The molecular formula is C5H4I2N2. The van der Waals surface area contributed by atoms with Crippen LogP contribution in [0.25, 0.3) is 0 Å². The van der Waals surface area contributed by atoms with Crippen molar-refractivity contribution in [1.29, 1.82) is 0 Å². The molecule has 1 aromatic heterocycles. The van der Waals surface area contributed by atoms with E-state index in [2.05, 4.69) is 55.4 Å². The Morgan fingerprint density at radius 2 is 2.11 bits per heavy atom. The molecule has 1 heterocycles. The van der Waals surface area contributed by atoms with E-state index in [0.717, 1.165) is 13.8 Å². The van der Waals surface area contributed by atoms with Gasteiger partial charge in [-0.15, -0.1) is 5.10 Å². The summed E-state index contributed by atoms with van der Waals surface area (Å²) in [7, 11) is 0. The van der Waals surface area contributed by atoms with Crippen molar-refractivity contribution in [3.8, 4) is 0 Å². The molecule has 0 unspecified atom stereocenters. The molecule has 0 aromatic carbocycles. The highest BCUT2D eigenvalue weighted by molar-refractivity contribution is 14.1. The van der Waals surface area contributed by atoms with Crippen molar-refractivity contribution in [2.45, 2.75) is 4.43 Å². The number of aromatic nitrogens is 2. The Hall–Kier alpha value is 0.540. The molecule has 0 fully saturated rings. The summed E-state index contributed by atoms with van der Waals surface area (Å²) >= 11 is 4.40. The monoisotopic (exact) mass is 346 g/mol. The van der Waals surface area contributed by atoms with Crippen LogP contribution in [-0.2, 0) is 4.43 Å². The van der Waals surface area contributed by atoms with Crippen LogP contribution in [0.1, 0.15) is 5.69 Å². The third kappa shape index (κ3) is 2.32. The van der Waals surface area contributed by atoms with E-state index >= 15 is 0 Å². The molecule has 0 aliphatic rings. The Kier molecular flexibility index (Phi) is 3.10. The zero-order chi connectivity index (χ0) is 6.69. The molecule has 48 valence electrons. The Morgan fingerprint density at radius 1 is 1.33 bits per heavy atom. The van der Waals surface area contributed by atoms with E-state index < -0.39 is 0 Å². The standard InChI is InChI=1S/C5H4I2N2/c6-3-4-1-2-5(7)9-8-4/h1-2H,3H2. The fourth-order valence-corrected chi connectivity index (χ4v) is 1.11. The fraction of sp³-hybridized carbons (Fsp3) is 0.200. The number of hydrogen-bond acceptors (Lipinski definition) is 2. The van der Waals surface area contributed by atoms with Crippen LogP contribution < -0.4 is 0 Å². The first kappa shape index (κ1) is 7.64. The van der Waals surface area contributed by atoms with Crippen molar-refractivity contribution in [2.24, 2.45) is 0 Å². The molecule has 0 atom stereocenters. The third-order valence-electron chi connectivity index (χ3n) is 0.824. The summed E-state index contributed by atoms with van der Waals surface area (Å²) in [4.78, 5) is 0. The minimum Gasteiger partial charge on any atom is -0.154 e. The third-order valence-corrected chi connectivity index (χ3v) is 2.18. The topological polar surface area (TPSA) is 25.8 Å². The molecular weight excluding hydrogens is 342 g/mol. The highest BCUT2D eigenvalue weighted by Gasteiger charge is 1.90. The summed E-state index contributed by atoms with van der Waals surface area (Å²) < 4.78 is 1.88. The minimum absolute atomic E-state index is 0.932. The lowest BCUT2D eigenvalue weighted by molar-refractivity contribution is 0.954. The van der Waals surface area contributed by atoms with Crippen LogP contribution in [0, 0.1) is 3.70 Å². The molecule has 0 bridgehead atoms. The van der Waals surface area contributed by atoms with E-state index in [1.165, 1.54) is 0 Å². The molecule has 0 saturated carbocycles. The van der Waals surface area contributed by atoms with Gasteiger partial charge in [-0.1, -0.05) is 22.6 Å². The van der Waals surface area contributed by atoms with E-state index in [4.69, 9.17) is 0 Å². The first-order chi connectivity index (χ1) is 4.33. The Bertz CT molecular complexity index is 185. The van der Waals surface area contributed by atoms with Crippen molar-refractivity contribution in [3.63, 3.8) is 0 Å². The molecule has 1 rings (SSSR count). The van der Waals surface area contributed by atoms with E-state index in [9.17, 15) is 0 Å². The van der Waals surface area contributed by atoms with Gasteiger partial charge in [-0.25, -0.2) is 0 Å². The maximum Gasteiger partial charge on any atom is 0.124 e. The lowest BCUT2D eigenvalue weighted by Crippen LogP contribution is -1.89. The summed E-state index contributed by atoms with van der Waals surface area (Å²) in [6.45, 7) is 0. The Balaban J connectivity index is 2.88. The van der Waals surface area contributed by atoms with Crippen LogP contribution in [0.5, 0.6) is 0 Å². The van der Waals surface area contributed by atoms with Gasteiger partial charge in [0.05, 0.1) is 5.69 Å². The van der Waals surface area contributed by atoms with Gasteiger partial charge in [0, 0.05) is 4.43 Å². The molecule has 0 spiro atoms. The van der Waals surface area contributed by atoms with Crippen molar-refractivity contribution >= 4 is 45.2 Å². The maximum absolute atomic E-state index is 3.93. The molecule has 0 amide bonds. The van der Waals surface area contributed by atoms with Gasteiger partial charge in [0.15, 0.2) is 0 Å². The van der Waals surface area contributed by atoms with Gasteiger partial charge >= 0.3 is 0 Å². The summed E-state index contributed by atoms with van der Waals surface area (Å²) in [5.74, 6) is 0. The number of hydrogen-bond donors (Lipinski definition) is 0. The highest BCUT2D eigenvalue weighted by Crippen LogP contribution is 2.02. The van der Waals surface area contributed by atoms with Gasteiger partial charge in [0.2, 0.25) is 0 Å². The van der Waals surface area contributed by atoms with E-state index in [1.54, 1.807) is 0 Å². The second-order valence-electron chi connectivity index (χ2n) is 1.48. The van der Waals surface area contributed by atoms with Crippen LogP contribution in [0.4, 0.5) is 0 Å². The quantitative estimate of drug-likeness (QED) is 0.575. The predicted octanol–water partition coefficient (Wildman–Crippen LogP) is 2.02. The molecule has 0 N–H and O–H groups in total. The lowest BCUT2D eigenvalue weighted by atomic mass is 10.4. The summed E-state index contributed by atoms with van der Waals surface area (Å²) in [6.07, 6.45) is 0. The lowest BCUT2D eigenvalue weighted by Gasteiger charge is -1.90. The SMILES string of the molecule is ICc1ccc(I)nn1. The first-order valence-electron chi connectivity index (χ1n) is 2.37. The van der Waals surface area contributed by atoms with Crippen LogP contribution in [0.3, 0.4) is 0 Å². The van der Waals surface area contributed by atoms with Crippen LogP contribution >= 0.6 is 45.2 Å². The maximum atomic E-state index is 3.93. The predicted molar refractivity (Wildman–Crippen MR) is 52.5 cm³/mol. The number of rotatable bonds is 1. The molecule has 1 aromatic rings. The molecule has 4 heteroatoms. The van der Waals surface area contributed by atoms with Gasteiger partial charge in [-0.05, 0) is 34.7 Å². The Morgan fingerprint density at radius 3 is 2.56 bits per heavy atom. The second kappa shape index (κ2) is 3.65. The summed E-state index contributed by atoms with van der Waals surface area (Å²) in [6, 6.07) is 3.95. The van der Waals surface area contributed by atoms with Gasteiger partial charge in [0.1, 0.15) is 3.70 Å². The van der Waals surface area contributed by atoms with E-state index in [0.29, 0.717) is 0 Å². The van der Waals surface area contributed by atoms with Gasteiger partial charge in [0.25, 0.3) is 0 Å². The van der Waals surface area contributed by atoms with Crippen molar-refractivity contribution in [1.82, 2.24) is 10.2 Å². The van der Waals surface area contributed by atoms with Crippen molar-refractivity contribution < 1.29 is 0 Å². The van der Waals surface area contributed by atoms with Gasteiger partial charge in [-0.2, -0.15) is 5.10 Å².